The van der Waals surface area contributed by atoms with Crippen LogP contribution >= 0.6 is 0 Å². The predicted octanol–water partition coefficient (Wildman–Crippen LogP) is 2.58. The van der Waals surface area contributed by atoms with Crippen molar-refractivity contribution in [1.29, 1.82) is 0 Å². The van der Waals surface area contributed by atoms with Crippen molar-refractivity contribution < 1.29 is 19.1 Å². The van der Waals surface area contributed by atoms with E-state index in [9.17, 15) is 9.59 Å². The number of fused-ring (bicyclic) bond motifs is 1. The molecule has 168 valence electrons. The van der Waals surface area contributed by atoms with Crippen molar-refractivity contribution in [2.45, 2.75) is 26.3 Å². The molecule has 3 amide bonds. The van der Waals surface area contributed by atoms with E-state index in [1.807, 2.05) is 0 Å². The van der Waals surface area contributed by atoms with Crippen molar-refractivity contribution in [3.63, 3.8) is 0 Å². The quantitative estimate of drug-likeness (QED) is 0.743. The number of amides is 3. The van der Waals surface area contributed by atoms with E-state index in [2.05, 4.69) is 47.2 Å². The Balaban J connectivity index is 1.26. The molecule has 1 N–H and O–H groups in total. The van der Waals surface area contributed by atoms with Crippen molar-refractivity contribution in [2.75, 3.05) is 44.5 Å². The van der Waals surface area contributed by atoms with E-state index >= 15 is 0 Å². The van der Waals surface area contributed by atoms with Gasteiger partial charge in [0.25, 0.3) is 5.91 Å². The number of piperazine rings is 1. The minimum atomic E-state index is -1.13. The van der Waals surface area contributed by atoms with Crippen LogP contribution in [-0.4, -0.2) is 61.4 Å². The standard InChI is InChI=1S/C24H28N4O4/c1-16-5-4-6-19(17(16)2)27-11-9-26(10-12-27)14-28-22(29)24(3,25-23(28)30)18-7-8-20-21(13-18)32-15-31-20/h4-8,13H,9-12,14-15H2,1-3H3,(H,25,30)/t24-/m0/s1. The molecule has 0 unspecified atom stereocenters. The summed E-state index contributed by atoms with van der Waals surface area (Å²) in [5, 5.41) is 2.88. The number of urea groups is 1. The summed E-state index contributed by atoms with van der Waals surface area (Å²) in [5.74, 6) is 0.984. The highest BCUT2D eigenvalue weighted by atomic mass is 16.7. The molecular formula is C24H28N4O4. The molecule has 0 spiro atoms. The number of benzene rings is 2. The molecule has 2 aromatic carbocycles. The largest absolute Gasteiger partial charge is 0.454 e. The molecule has 1 atom stereocenters. The van der Waals surface area contributed by atoms with Crippen LogP contribution in [0.2, 0.25) is 0 Å². The van der Waals surface area contributed by atoms with Crippen molar-refractivity contribution in [2.24, 2.45) is 0 Å². The Kier molecular flexibility index (Phi) is 4.97. The van der Waals surface area contributed by atoms with Gasteiger partial charge in [-0.15, -0.1) is 0 Å². The van der Waals surface area contributed by atoms with Gasteiger partial charge in [-0.1, -0.05) is 18.2 Å². The molecule has 32 heavy (non-hydrogen) atoms. The van der Waals surface area contributed by atoms with Crippen LogP contribution in [-0.2, 0) is 10.3 Å². The zero-order valence-corrected chi connectivity index (χ0v) is 18.7. The molecule has 2 saturated heterocycles. The molecule has 2 aromatic rings. The van der Waals surface area contributed by atoms with Crippen LogP contribution in [0.5, 0.6) is 11.5 Å². The molecule has 0 aromatic heterocycles. The number of nitrogens with one attached hydrogen (secondary N) is 1. The van der Waals surface area contributed by atoms with Crippen molar-refractivity contribution in [3.05, 3.63) is 53.1 Å². The van der Waals surface area contributed by atoms with Gasteiger partial charge in [0.05, 0.1) is 6.67 Å². The lowest BCUT2D eigenvalue weighted by atomic mass is 9.92. The number of carbonyl (C=O) groups is 2. The highest BCUT2D eigenvalue weighted by Crippen LogP contribution is 2.38. The van der Waals surface area contributed by atoms with Gasteiger partial charge in [0, 0.05) is 31.9 Å². The number of anilines is 1. The number of rotatable bonds is 4. The Hall–Kier alpha value is -3.26. The molecule has 3 heterocycles. The molecule has 0 aliphatic carbocycles. The Morgan fingerprint density at radius 1 is 1.00 bits per heavy atom. The summed E-state index contributed by atoms with van der Waals surface area (Å²) < 4.78 is 10.8. The van der Waals surface area contributed by atoms with Crippen LogP contribution < -0.4 is 19.7 Å². The van der Waals surface area contributed by atoms with Crippen LogP contribution in [0.3, 0.4) is 0 Å². The third kappa shape index (κ3) is 3.35. The van der Waals surface area contributed by atoms with Gasteiger partial charge in [0.1, 0.15) is 5.54 Å². The molecule has 8 nitrogen and oxygen atoms in total. The van der Waals surface area contributed by atoms with Gasteiger partial charge in [-0.3, -0.25) is 9.69 Å². The zero-order chi connectivity index (χ0) is 22.5. The van der Waals surface area contributed by atoms with E-state index in [0.29, 0.717) is 17.1 Å². The lowest BCUT2D eigenvalue weighted by Gasteiger charge is -2.38. The molecule has 3 aliphatic rings. The molecule has 0 radical (unpaired) electrons. The van der Waals surface area contributed by atoms with Crippen LogP contribution in [0.15, 0.2) is 36.4 Å². The van der Waals surface area contributed by atoms with Crippen LogP contribution in [0.25, 0.3) is 0 Å². The summed E-state index contributed by atoms with van der Waals surface area (Å²) in [5.41, 5.74) is 3.40. The van der Waals surface area contributed by atoms with E-state index < -0.39 is 5.54 Å². The maximum Gasteiger partial charge on any atom is 0.326 e. The van der Waals surface area contributed by atoms with Gasteiger partial charge < -0.3 is 19.7 Å². The van der Waals surface area contributed by atoms with E-state index in [0.717, 1.165) is 26.2 Å². The Bertz CT molecular complexity index is 1080. The van der Waals surface area contributed by atoms with Gasteiger partial charge in [-0.25, -0.2) is 9.69 Å². The smallest absolute Gasteiger partial charge is 0.326 e. The highest BCUT2D eigenvalue weighted by molar-refractivity contribution is 6.07. The monoisotopic (exact) mass is 436 g/mol. The highest BCUT2D eigenvalue weighted by Gasteiger charge is 2.49. The van der Waals surface area contributed by atoms with Gasteiger partial charge in [-0.2, -0.15) is 0 Å². The second-order valence-corrected chi connectivity index (χ2v) is 8.82. The minimum absolute atomic E-state index is 0.163. The first kappa shape index (κ1) is 20.6. The number of ether oxygens (including phenoxy) is 2. The summed E-state index contributed by atoms with van der Waals surface area (Å²) in [4.78, 5) is 31.9. The van der Waals surface area contributed by atoms with Gasteiger partial charge >= 0.3 is 6.03 Å². The number of hydrogen-bond acceptors (Lipinski definition) is 6. The van der Waals surface area contributed by atoms with E-state index in [-0.39, 0.29) is 25.4 Å². The van der Waals surface area contributed by atoms with Crippen molar-refractivity contribution in [3.8, 4) is 11.5 Å². The fraction of sp³-hybridized carbons (Fsp3) is 0.417. The van der Waals surface area contributed by atoms with E-state index in [1.165, 1.54) is 21.7 Å². The molecule has 0 bridgehead atoms. The number of imide groups is 1. The van der Waals surface area contributed by atoms with Gasteiger partial charge in [0.2, 0.25) is 6.79 Å². The topological polar surface area (TPSA) is 74.3 Å². The summed E-state index contributed by atoms with van der Waals surface area (Å²) >= 11 is 0. The van der Waals surface area contributed by atoms with Crippen molar-refractivity contribution in [1.82, 2.24) is 15.1 Å². The summed E-state index contributed by atoms with van der Waals surface area (Å²) in [6, 6.07) is 11.4. The first-order valence-corrected chi connectivity index (χ1v) is 10.9. The average Bonchev–Trinajstić information content (AvgIpc) is 3.34. The summed E-state index contributed by atoms with van der Waals surface area (Å²) in [6.45, 7) is 9.74. The second kappa shape index (κ2) is 7.70. The number of aryl methyl sites for hydroxylation is 1. The lowest BCUT2D eigenvalue weighted by Crippen LogP contribution is -2.51. The summed E-state index contributed by atoms with van der Waals surface area (Å²) in [6.07, 6.45) is 0. The molecule has 3 aliphatic heterocycles. The normalized spacial score (nSPS) is 23.1. The van der Waals surface area contributed by atoms with Crippen LogP contribution in [0.4, 0.5) is 10.5 Å². The SMILES string of the molecule is Cc1cccc(N2CCN(CN3C(=O)N[C@@](C)(c4ccc5c(c4)OCO5)C3=O)CC2)c1C. The number of nitrogens with zero attached hydrogens (tertiary/aromatic N) is 3. The fourth-order valence-corrected chi connectivity index (χ4v) is 4.64. The summed E-state index contributed by atoms with van der Waals surface area (Å²) in [7, 11) is 0. The lowest BCUT2D eigenvalue weighted by molar-refractivity contribution is -0.132. The van der Waals surface area contributed by atoms with Gasteiger partial charge in [0.15, 0.2) is 11.5 Å². The third-order valence-electron chi connectivity index (χ3n) is 6.86. The number of hydrogen-bond donors (Lipinski definition) is 1. The van der Waals surface area contributed by atoms with Crippen molar-refractivity contribution >= 4 is 17.6 Å². The first-order chi connectivity index (χ1) is 15.4. The van der Waals surface area contributed by atoms with E-state index in [4.69, 9.17) is 9.47 Å². The van der Waals surface area contributed by atoms with Crippen LogP contribution in [0.1, 0.15) is 23.6 Å². The average molecular weight is 437 g/mol. The Labute approximate surface area is 187 Å². The molecule has 0 saturated carbocycles. The minimum Gasteiger partial charge on any atom is -0.454 e. The molecule has 8 heteroatoms. The molecule has 5 rings (SSSR count). The number of carbonyl (C=O) groups excluding carboxylic acids is 2. The molecular weight excluding hydrogens is 408 g/mol. The maximum atomic E-state index is 13.3. The van der Waals surface area contributed by atoms with Crippen LogP contribution in [0, 0.1) is 13.8 Å². The van der Waals surface area contributed by atoms with Gasteiger partial charge in [-0.05, 0) is 55.7 Å². The predicted molar refractivity (Wildman–Crippen MR) is 120 cm³/mol. The third-order valence-corrected chi connectivity index (χ3v) is 6.86. The van der Waals surface area contributed by atoms with E-state index in [1.54, 1.807) is 25.1 Å². The zero-order valence-electron chi connectivity index (χ0n) is 18.7. The Morgan fingerprint density at radius 2 is 1.75 bits per heavy atom. The second-order valence-electron chi connectivity index (χ2n) is 8.82. The maximum absolute atomic E-state index is 13.3. The fourth-order valence-electron chi connectivity index (χ4n) is 4.64. The molecule has 2 fully saturated rings. The first-order valence-electron chi connectivity index (χ1n) is 10.9. The Morgan fingerprint density at radius 3 is 2.53 bits per heavy atom.